The lowest BCUT2D eigenvalue weighted by atomic mass is 9.87. The second-order valence-corrected chi connectivity index (χ2v) is 9.01. The van der Waals surface area contributed by atoms with Crippen LogP contribution in [0.1, 0.15) is 63.5 Å². The molecule has 0 saturated heterocycles. The molecule has 0 aromatic heterocycles. The third kappa shape index (κ3) is 5.81. The molecule has 1 aromatic rings. The SMILES string of the molecule is CC(C)(CNC(=O)CNC(=O)CC1CCCCC1)N1CCc2ccccc2C1. The van der Waals surface area contributed by atoms with Crippen LogP contribution in [0, 0.1) is 5.92 Å². The Hall–Kier alpha value is -1.88. The molecule has 2 N–H and O–H groups in total. The number of nitrogens with one attached hydrogen (secondary N) is 2. The fourth-order valence-electron chi connectivity index (χ4n) is 4.41. The summed E-state index contributed by atoms with van der Waals surface area (Å²) >= 11 is 0. The van der Waals surface area contributed by atoms with Crippen molar-refractivity contribution in [3.05, 3.63) is 35.4 Å². The van der Waals surface area contributed by atoms with Gasteiger partial charge in [0.25, 0.3) is 0 Å². The van der Waals surface area contributed by atoms with Crippen LogP contribution in [0.4, 0.5) is 0 Å². The highest BCUT2D eigenvalue weighted by Crippen LogP contribution is 2.26. The molecule has 1 fully saturated rings. The maximum absolute atomic E-state index is 12.2. The van der Waals surface area contributed by atoms with Crippen molar-refractivity contribution < 1.29 is 9.59 Å². The summed E-state index contributed by atoms with van der Waals surface area (Å²) in [5, 5.41) is 5.80. The standard InChI is InChI=1S/C23H35N3O2/c1-23(2,26-13-12-19-10-6-7-11-20(19)16-26)17-25-22(28)15-24-21(27)14-18-8-4-3-5-9-18/h6-7,10-11,18H,3-5,8-9,12-17H2,1-2H3,(H,24,27)(H,25,28). The van der Waals surface area contributed by atoms with Gasteiger partial charge in [0.15, 0.2) is 0 Å². The smallest absolute Gasteiger partial charge is 0.239 e. The molecule has 0 spiro atoms. The van der Waals surface area contributed by atoms with Crippen molar-refractivity contribution in [1.82, 2.24) is 15.5 Å². The normalized spacial score (nSPS) is 18.4. The summed E-state index contributed by atoms with van der Waals surface area (Å²) in [5.74, 6) is 0.397. The molecule has 5 nitrogen and oxygen atoms in total. The number of nitrogens with zero attached hydrogens (tertiary/aromatic N) is 1. The fourth-order valence-corrected chi connectivity index (χ4v) is 4.41. The molecule has 2 amide bonds. The van der Waals surface area contributed by atoms with Crippen molar-refractivity contribution in [1.29, 1.82) is 0 Å². The van der Waals surface area contributed by atoms with Crippen molar-refractivity contribution in [2.45, 2.75) is 70.9 Å². The van der Waals surface area contributed by atoms with Crippen LogP contribution in [0.15, 0.2) is 24.3 Å². The lowest BCUT2D eigenvalue weighted by molar-refractivity contribution is -0.127. The van der Waals surface area contributed by atoms with Crippen molar-refractivity contribution in [2.75, 3.05) is 19.6 Å². The van der Waals surface area contributed by atoms with Crippen LogP contribution in [-0.4, -0.2) is 41.9 Å². The molecule has 1 aliphatic carbocycles. The van der Waals surface area contributed by atoms with E-state index < -0.39 is 0 Å². The van der Waals surface area contributed by atoms with Gasteiger partial charge in [0.2, 0.25) is 11.8 Å². The van der Waals surface area contributed by atoms with Crippen LogP contribution in [0.5, 0.6) is 0 Å². The van der Waals surface area contributed by atoms with Crippen LogP contribution in [0.3, 0.4) is 0 Å². The summed E-state index contributed by atoms with van der Waals surface area (Å²) in [7, 11) is 0. The fraction of sp³-hybridized carbons (Fsp3) is 0.652. The van der Waals surface area contributed by atoms with E-state index in [1.54, 1.807) is 0 Å². The lowest BCUT2D eigenvalue weighted by Gasteiger charge is -2.41. The molecule has 1 saturated carbocycles. The molecule has 0 bridgehead atoms. The molecule has 1 aromatic carbocycles. The van der Waals surface area contributed by atoms with E-state index in [2.05, 4.69) is 53.6 Å². The number of rotatable bonds is 7. The number of amides is 2. The molecule has 3 rings (SSSR count). The van der Waals surface area contributed by atoms with E-state index in [9.17, 15) is 9.59 Å². The molecule has 1 aliphatic heterocycles. The molecule has 0 unspecified atom stereocenters. The second-order valence-electron chi connectivity index (χ2n) is 9.01. The Morgan fingerprint density at radius 3 is 2.50 bits per heavy atom. The number of carbonyl (C=O) groups is 2. The molecular weight excluding hydrogens is 350 g/mol. The molecule has 2 aliphatic rings. The van der Waals surface area contributed by atoms with E-state index in [0.29, 0.717) is 18.9 Å². The first-order chi connectivity index (χ1) is 13.4. The third-order valence-corrected chi connectivity index (χ3v) is 6.35. The van der Waals surface area contributed by atoms with Crippen LogP contribution in [0.2, 0.25) is 0 Å². The average Bonchev–Trinajstić information content (AvgIpc) is 2.71. The predicted molar refractivity (Wildman–Crippen MR) is 112 cm³/mol. The van der Waals surface area contributed by atoms with Gasteiger partial charge in [-0.25, -0.2) is 0 Å². The number of hydrogen-bond acceptors (Lipinski definition) is 3. The van der Waals surface area contributed by atoms with E-state index in [1.165, 1.54) is 30.4 Å². The number of carbonyl (C=O) groups excluding carboxylic acids is 2. The van der Waals surface area contributed by atoms with Gasteiger partial charge in [-0.3, -0.25) is 14.5 Å². The Kier molecular flexibility index (Phi) is 7.11. The van der Waals surface area contributed by atoms with Crippen LogP contribution < -0.4 is 10.6 Å². The Morgan fingerprint density at radius 1 is 1.04 bits per heavy atom. The monoisotopic (exact) mass is 385 g/mol. The average molecular weight is 386 g/mol. The van der Waals surface area contributed by atoms with Crippen LogP contribution >= 0.6 is 0 Å². The van der Waals surface area contributed by atoms with E-state index in [1.807, 2.05) is 0 Å². The summed E-state index contributed by atoms with van der Waals surface area (Å²) < 4.78 is 0. The largest absolute Gasteiger partial charge is 0.353 e. The maximum atomic E-state index is 12.2. The first-order valence-corrected chi connectivity index (χ1v) is 10.8. The van der Waals surface area contributed by atoms with Crippen molar-refractivity contribution in [3.8, 4) is 0 Å². The van der Waals surface area contributed by atoms with Gasteiger partial charge < -0.3 is 10.6 Å². The Bertz CT molecular complexity index is 680. The number of fused-ring (bicyclic) bond motifs is 1. The molecule has 28 heavy (non-hydrogen) atoms. The van der Waals surface area contributed by atoms with Gasteiger partial charge in [-0.1, -0.05) is 43.5 Å². The third-order valence-electron chi connectivity index (χ3n) is 6.35. The summed E-state index contributed by atoms with van der Waals surface area (Å²) in [6.45, 7) is 6.90. The van der Waals surface area contributed by atoms with E-state index in [-0.39, 0.29) is 23.9 Å². The van der Waals surface area contributed by atoms with Gasteiger partial charge in [-0.2, -0.15) is 0 Å². The first-order valence-electron chi connectivity index (χ1n) is 10.8. The van der Waals surface area contributed by atoms with Crippen molar-refractivity contribution in [2.24, 2.45) is 5.92 Å². The minimum Gasteiger partial charge on any atom is -0.353 e. The number of benzene rings is 1. The second kappa shape index (κ2) is 9.55. The summed E-state index contributed by atoms with van der Waals surface area (Å²) in [6.07, 6.45) is 7.65. The van der Waals surface area contributed by atoms with Crippen LogP contribution in [0.25, 0.3) is 0 Å². The van der Waals surface area contributed by atoms with Gasteiger partial charge in [0.1, 0.15) is 0 Å². The highest BCUT2D eigenvalue weighted by molar-refractivity contribution is 5.84. The summed E-state index contributed by atoms with van der Waals surface area (Å²) in [5.41, 5.74) is 2.68. The van der Waals surface area contributed by atoms with E-state index in [4.69, 9.17) is 0 Å². The van der Waals surface area contributed by atoms with E-state index >= 15 is 0 Å². The number of hydrogen-bond donors (Lipinski definition) is 2. The van der Waals surface area contributed by atoms with Gasteiger partial charge in [0.05, 0.1) is 6.54 Å². The molecule has 0 radical (unpaired) electrons. The summed E-state index contributed by atoms with van der Waals surface area (Å²) in [4.78, 5) is 26.7. The first kappa shape index (κ1) is 20.8. The quantitative estimate of drug-likeness (QED) is 0.758. The lowest BCUT2D eigenvalue weighted by Crippen LogP contribution is -2.54. The zero-order chi connectivity index (χ0) is 20.0. The Morgan fingerprint density at radius 2 is 1.75 bits per heavy atom. The predicted octanol–water partition coefficient (Wildman–Crippen LogP) is 3.03. The maximum Gasteiger partial charge on any atom is 0.239 e. The topological polar surface area (TPSA) is 61.4 Å². The zero-order valence-electron chi connectivity index (χ0n) is 17.4. The molecule has 154 valence electrons. The summed E-state index contributed by atoms with van der Waals surface area (Å²) in [6, 6.07) is 8.59. The molecule has 0 atom stereocenters. The molecular formula is C23H35N3O2. The van der Waals surface area contributed by atoms with Gasteiger partial charge in [0, 0.05) is 31.6 Å². The minimum absolute atomic E-state index is 0.00828. The van der Waals surface area contributed by atoms with Crippen molar-refractivity contribution >= 4 is 11.8 Å². The molecule has 1 heterocycles. The van der Waals surface area contributed by atoms with Gasteiger partial charge >= 0.3 is 0 Å². The van der Waals surface area contributed by atoms with E-state index in [0.717, 1.165) is 32.4 Å². The molecule has 5 heteroatoms. The van der Waals surface area contributed by atoms with Gasteiger partial charge in [-0.05, 0) is 50.2 Å². The zero-order valence-corrected chi connectivity index (χ0v) is 17.4. The Balaban J connectivity index is 1.39. The highest BCUT2D eigenvalue weighted by Gasteiger charge is 2.30. The Labute approximate surface area is 169 Å². The highest BCUT2D eigenvalue weighted by atomic mass is 16.2. The van der Waals surface area contributed by atoms with Crippen LogP contribution in [-0.2, 0) is 22.6 Å². The minimum atomic E-state index is -0.130. The van der Waals surface area contributed by atoms with Crippen molar-refractivity contribution in [3.63, 3.8) is 0 Å². The van der Waals surface area contributed by atoms with Gasteiger partial charge in [-0.15, -0.1) is 0 Å².